The van der Waals surface area contributed by atoms with E-state index in [2.05, 4.69) is 0 Å². The predicted molar refractivity (Wildman–Crippen MR) is 54.1 cm³/mol. The van der Waals surface area contributed by atoms with Crippen molar-refractivity contribution in [2.75, 3.05) is 0 Å². The third kappa shape index (κ3) is 1.30. The van der Waals surface area contributed by atoms with Crippen LogP contribution < -0.4 is 5.46 Å². The first-order chi connectivity index (χ1) is 6.59. The highest BCUT2D eigenvalue weighted by atomic mass is 32.1. The molecule has 1 heterocycles. The first-order valence-electron chi connectivity index (χ1n) is 3.80. The maximum Gasteiger partial charge on any atom is 0.345 e. The molecule has 0 fully saturated rings. The highest BCUT2D eigenvalue weighted by Gasteiger charge is 2.10. The van der Waals surface area contributed by atoms with Crippen LogP contribution in [0.1, 0.15) is 9.67 Å². The molecule has 0 unspecified atom stereocenters. The summed E-state index contributed by atoms with van der Waals surface area (Å²) in [5, 5.41) is 9.19. The molecule has 0 saturated heterocycles. The van der Waals surface area contributed by atoms with Crippen molar-refractivity contribution in [3.63, 3.8) is 0 Å². The van der Waals surface area contributed by atoms with Crippen LogP contribution in [0.3, 0.4) is 0 Å². The first-order valence-corrected chi connectivity index (χ1v) is 4.62. The first kappa shape index (κ1) is 9.21. The fourth-order valence-corrected chi connectivity index (χ4v) is 2.13. The highest BCUT2D eigenvalue weighted by Crippen LogP contribution is 2.24. The molecule has 5 heteroatoms. The van der Waals surface area contributed by atoms with Crippen LogP contribution in [-0.2, 0) is 0 Å². The second kappa shape index (κ2) is 3.10. The molecular formula is C9H4BFO2S. The van der Waals surface area contributed by atoms with Gasteiger partial charge in [0.15, 0.2) is 0 Å². The largest absolute Gasteiger partial charge is 0.477 e. The monoisotopic (exact) mass is 206 g/mol. The van der Waals surface area contributed by atoms with Crippen molar-refractivity contribution in [2.45, 2.75) is 0 Å². The van der Waals surface area contributed by atoms with Gasteiger partial charge in [-0.2, -0.15) is 0 Å². The number of carbonyl (C=O) groups is 1. The van der Waals surface area contributed by atoms with Crippen LogP contribution in [0.2, 0.25) is 0 Å². The van der Waals surface area contributed by atoms with Crippen molar-refractivity contribution in [3.05, 3.63) is 28.9 Å². The Kier molecular flexibility index (Phi) is 2.04. The van der Waals surface area contributed by atoms with Gasteiger partial charge in [0.05, 0.1) is 0 Å². The lowest BCUT2D eigenvalue weighted by molar-refractivity contribution is 0.0702. The third-order valence-electron chi connectivity index (χ3n) is 1.90. The minimum Gasteiger partial charge on any atom is -0.477 e. The van der Waals surface area contributed by atoms with Crippen LogP contribution in [0.4, 0.5) is 4.39 Å². The molecule has 0 atom stereocenters. The normalized spacial score (nSPS) is 10.6. The molecule has 2 aromatic rings. The van der Waals surface area contributed by atoms with Gasteiger partial charge >= 0.3 is 5.97 Å². The van der Waals surface area contributed by atoms with Crippen LogP contribution >= 0.6 is 11.3 Å². The van der Waals surface area contributed by atoms with E-state index in [1.54, 1.807) is 0 Å². The topological polar surface area (TPSA) is 37.3 Å². The molecular weight excluding hydrogens is 202 g/mol. The summed E-state index contributed by atoms with van der Waals surface area (Å²) in [5.74, 6) is -1.54. The molecule has 0 aliphatic carbocycles. The maximum atomic E-state index is 13.0. The van der Waals surface area contributed by atoms with Crippen molar-refractivity contribution >= 4 is 40.7 Å². The van der Waals surface area contributed by atoms with Gasteiger partial charge in [-0.1, -0.05) is 5.46 Å². The van der Waals surface area contributed by atoms with Gasteiger partial charge in [0, 0.05) is 4.70 Å². The summed E-state index contributed by atoms with van der Waals surface area (Å²) < 4.78 is 13.7. The number of aromatic carboxylic acids is 1. The van der Waals surface area contributed by atoms with Crippen molar-refractivity contribution < 1.29 is 14.3 Å². The van der Waals surface area contributed by atoms with Gasteiger partial charge in [0.2, 0.25) is 0 Å². The fourth-order valence-electron chi connectivity index (χ4n) is 1.21. The van der Waals surface area contributed by atoms with E-state index in [1.165, 1.54) is 18.2 Å². The number of hydrogen-bond acceptors (Lipinski definition) is 2. The molecule has 0 amide bonds. The highest BCUT2D eigenvalue weighted by molar-refractivity contribution is 7.20. The van der Waals surface area contributed by atoms with E-state index in [9.17, 15) is 9.18 Å². The molecule has 14 heavy (non-hydrogen) atoms. The number of carboxylic acid groups (broad SMARTS) is 1. The lowest BCUT2D eigenvalue weighted by Crippen LogP contribution is -2.08. The number of hydrogen-bond donors (Lipinski definition) is 1. The molecule has 0 spiro atoms. The van der Waals surface area contributed by atoms with Crippen molar-refractivity contribution in [2.24, 2.45) is 0 Å². The quantitative estimate of drug-likeness (QED) is 0.718. The van der Waals surface area contributed by atoms with Crippen LogP contribution in [0.5, 0.6) is 0 Å². The molecule has 1 aromatic carbocycles. The van der Waals surface area contributed by atoms with Gasteiger partial charge in [-0.25, -0.2) is 9.18 Å². The molecule has 2 rings (SSSR count). The Morgan fingerprint density at radius 3 is 2.86 bits per heavy atom. The summed E-state index contributed by atoms with van der Waals surface area (Å²) in [6.45, 7) is 0. The summed E-state index contributed by atoms with van der Waals surface area (Å²) in [6.07, 6.45) is 0. The minimum atomic E-state index is -1.02. The average Bonchev–Trinajstić information content (AvgIpc) is 2.56. The summed E-state index contributed by atoms with van der Waals surface area (Å²) >= 11 is 1.08. The third-order valence-corrected chi connectivity index (χ3v) is 2.99. The Bertz CT molecular complexity index is 521. The molecule has 0 aliphatic rings. The number of benzene rings is 1. The van der Waals surface area contributed by atoms with Gasteiger partial charge < -0.3 is 5.11 Å². The Labute approximate surface area is 84.4 Å². The van der Waals surface area contributed by atoms with Crippen molar-refractivity contribution in [3.8, 4) is 0 Å². The Hall–Kier alpha value is -1.36. The van der Waals surface area contributed by atoms with Gasteiger partial charge in [0.25, 0.3) is 0 Å². The number of carboxylic acids is 1. The average molecular weight is 206 g/mol. The van der Waals surface area contributed by atoms with Crippen LogP contribution in [0.15, 0.2) is 18.2 Å². The molecule has 0 saturated carbocycles. The molecule has 0 bridgehead atoms. The molecule has 2 nitrogen and oxygen atoms in total. The molecule has 1 aromatic heterocycles. The smallest absolute Gasteiger partial charge is 0.345 e. The second-order valence-corrected chi connectivity index (χ2v) is 3.87. The van der Waals surface area contributed by atoms with E-state index < -0.39 is 11.8 Å². The van der Waals surface area contributed by atoms with E-state index in [-0.39, 0.29) is 10.3 Å². The Morgan fingerprint density at radius 1 is 1.50 bits per heavy atom. The lowest BCUT2D eigenvalue weighted by atomic mass is 9.92. The number of halogens is 1. The zero-order valence-electron chi connectivity index (χ0n) is 6.95. The number of fused-ring (bicyclic) bond motifs is 1. The summed E-state index contributed by atoms with van der Waals surface area (Å²) in [7, 11) is 5.47. The van der Waals surface area contributed by atoms with Crippen molar-refractivity contribution in [1.29, 1.82) is 0 Å². The van der Waals surface area contributed by atoms with E-state index in [4.69, 9.17) is 13.0 Å². The van der Waals surface area contributed by atoms with Gasteiger partial charge in [-0.05, 0) is 23.6 Å². The molecule has 68 valence electrons. The Balaban J connectivity index is 2.77. The van der Waals surface area contributed by atoms with Gasteiger partial charge in [0.1, 0.15) is 18.5 Å². The van der Waals surface area contributed by atoms with E-state index in [1.807, 2.05) is 0 Å². The van der Waals surface area contributed by atoms with E-state index in [0.29, 0.717) is 10.1 Å². The molecule has 0 aliphatic heterocycles. The molecule has 1 N–H and O–H groups in total. The zero-order chi connectivity index (χ0) is 10.3. The standard InChI is InChI=1S/C9H4BFO2S/c10-8-4-3-7(9(12)13)14-6(4)2-1-5(8)11/h1-3H,(H,12,13). The van der Waals surface area contributed by atoms with Crippen LogP contribution in [0.25, 0.3) is 10.1 Å². The lowest BCUT2D eigenvalue weighted by Gasteiger charge is -1.96. The van der Waals surface area contributed by atoms with E-state index in [0.717, 1.165) is 11.3 Å². The zero-order valence-corrected chi connectivity index (χ0v) is 7.77. The van der Waals surface area contributed by atoms with Gasteiger partial charge in [-0.15, -0.1) is 11.3 Å². The summed E-state index contributed by atoms with van der Waals surface area (Å²) in [5.41, 5.74) is 0.00579. The SMILES string of the molecule is [B]c1c(F)ccc2sc(C(=O)O)cc12. The molecule has 2 radical (unpaired) electrons. The fraction of sp³-hybridized carbons (Fsp3) is 0. The van der Waals surface area contributed by atoms with Crippen LogP contribution in [-0.4, -0.2) is 18.9 Å². The van der Waals surface area contributed by atoms with E-state index >= 15 is 0 Å². The second-order valence-electron chi connectivity index (χ2n) is 2.79. The van der Waals surface area contributed by atoms with Crippen molar-refractivity contribution in [1.82, 2.24) is 0 Å². The van der Waals surface area contributed by atoms with Gasteiger partial charge in [-0.3, -0.25) is 0 Å². The summed E-state index contributed by atoms with van der Waals surface area (Å²) in [4.78, 5) is 10.8. The minimum absolute atomic E-state index is 0.00579. The maximum absolute atomic E-state index is 13.0. The summed E-state index contributed by atoms with van der Waals surface area (Å²) in [6, 6.07) is 4.15. The number of rotatable bonds is 1. The predicted octanol–water partition coefficient (Wildman–Crippen LogP) is 1.53. The van der Waals surface area contributed by atoms with Crippen LogP contribution in [0, 0.1) is 5.82 Å². The number of thiophene rings is 1. The Morgan fingerprint density at radius 2 is 2.21 bits per heavy atom.